The van der Waals surface area contributed by atoms with Gasteiger partial charge in [0, 0.05) is 25.9 Å². The maximum atomic E-state index is 11.9. The summed E-state index contributed by atoms with van der Waals surface area (Å²) in [7, 11) is 1.43. The van der Waals surface area contributed by atoms with Crippen molar-refractivity contribution < 1.29 is 14.7 Å². The van der Waals surface area contributed by atoms with Gasteiger partial charge in [0.1, 0.15) is 5.54 Å². The molecule has 1 aromatic heterocycles. The fourth-order valence-corrected chi connectivity index (χ4v) is 1.20. The summed E-state index contributed by atoms with van der Waals surface area (Å²) in [6.45, 7) is 5.55. The molecule has 0 aliphatic carbocycles. The number of nitrogens with zero attached hydrogens (tertiary/aromatic N) is 3. The standard InChI is InChI=1S/C11H18N4O3/c1-5-15-7-6-8(13-15)12-10(18)14(4)11(2,3)9(16)17/h6-7H,5H2,1-4H3,(H,16,17)(H,12,13,18). The predicted octanol–water partition coefficient (Wildman–Crippen LogP) is 1.23. The van der Waals surface area contributed by atoms with Crippen molar-refractivity contribution in [3.63, 3.8) is 0 Å². The Hall–Kier alpha value is -2.05. The number of carbonyl (C=O) groups is 2. The maximum absolute atomic E-state index is 11.9. The van der Waals surface area contributed by atoms with Crippen LogP contribution >= 0.6 is 0 Å². The summed E-state index contributed by atoms with van der Waals surface area (Å²) in [6.07, 6.45) is 1.73. The fourth-order valence-electron chi connectivity index (χ4n) is 1.20. The third-order valence-electron chi connectivity index (χ3n) is 2.87. The molecule has 1 rings (SSSR count). The Labute approximate surface area is 105 Å². The molecule has 2 N–H and O–H groups in total. The SMILES string of the molecule is CCn1ccc(NC(=O)N(C)C(C)(C)C(=O)O)n1. The molecule has 7 nitrogen and oxygen atoms in total. The van der Waals surface area contributed by atoms with E-state index in [1.54, 1.807) is 16.9 Å². The Morgan fingerprint density at radius 2 is 2.17 bits per heavy atom. The smallest absolute Gasteiger partial charge is 0.329 e. The van der Waals surface area contributed by atoms with E-state index in [0.29, 0.717) is 12.4 Å². The summed E-state index contributed by atoms with van der Waals surface area (Å²) in [5, 5.41) is 15.7. The first kappa shape index (κ1) is 14.0. The zero-order valence-corrected chi connectivity index (χ0v) is 11.0. The zero-order valence-electron chi connectivity index (χ0n) is 11.0. The van der Waals surface area contributed by atoms with Crippen molar-refractivity contribution in [2.75, 3.05) is 12.4 Å². The second kappa shape index (κ2) is 5.07. The Kier molecular flexibility index (Phi) is 3.95. The van der Waals surface area contributed by atoms with Gasteiger partial charge in [-0.3, -0.25) is 10.00 Å². The number of anilines is 1. The number of nitrogens with one attached hydrogen (secondary N) is 1. The highest BCUT2D eigenvalue weighted by Gasteiger charge is 2.35. The minimum absolute atomic E-state index is 0.398. The highest BCUT2D eigenvalue weighted by atomic mass is 16.4. The summed E-state index contributed by atoms with van der Waals surface area (Å²) in [6, 6.07) is 1.15. The van der Waals surface area contributed by atoms with E-state index in [1.165, 1.54) is 20.9 Å². The van der Waals surface area contributed by atoms with E-state index in [9.17, 15) is 9.59 Å². The lowest BCUT2D eigenvalue weighted by Gasteiger charge is -2.31. The molecule has 100 valence electrons. The number of hydrogen-bond donors (Lipinski definition) is 2. The van der Waals surface area contributed by atoms with Gasteiger partial charge in [-0.15, -0.1) is 0 Å². The van der Waals surface area contributed by atoms with Gasteiger partial charge in [0.05, 0.1) is 0 Å². The average molecular weight is 254 g/mol. The molecule has 1 heterocycles. The number of aliphatic carboxylic acids is 1. The highest BCUT2D eigenvalue weighted by Crippen LogP contribution is 2.14. The van der Waals surface area contributed by atoms with Gasteiger partial charge in [-0.1, -0.05) is 0 Å². The van der Waals surface area contributed by atoms with Crippen molar-refractivity contribution in [1.82, 2.24) is 14.7 Å². The first-order chi connectivity index (χ1) is 8.28. The van der Waals surface area contributed by atoms with Gasteiger partial charge >= 0.3 is 12.0 Å². The van der Waals surface area contributed by atoms with Gasteiger partial charge in [-0.05, 0) is 20.8 Å². The number of aromatic nitrogens is 2. The number of carboxylic acids is 1. The quantitative estimate of drug-likeness (QED) is 0.846. The van der Waals surface area contributed by atoms with Gasteiger partial charge in [0.15, 0.2) is 5.82 Å². The van der Waals surface area contributed by atoms with E-state index in [2.05, 4.69) is 10.4 Å². The lowest BCUT2D eigenvalue weighted by Crippen LogP contribution is -2.52. The van der Waals surface area contributed by atoms with Crippen molar-refractivity contribution in [2.24, 2.45) is 0 Å². The molecule has 0 spiro atoms. The predicted molar refractivity (Wildman–Crippen MR) is 66.4 cm³/mol. The Bertz CT molecular complexity index is 453. The van der Waals surface area contributed by atoms with Crippen LogP contribution in [0.15, 0.2) is 12.3 Å². The first-order valence-electron chi connectivity index (χ1n) is 5.60. The topological polar surface area (TPSA) is 87.5 Å². The number of hydrogen-bond acceptors (Lipinski definition) is 3. The lowest BCUT2D eigenvalue weighted by atomic mass is 10.1. The van der Waals surface area contributed by atoms with Crippen LogP contribution in [0.2, 0.25) is 0 Å². The summed E-state index contributed by atoms with van der Waals surface area (Å²) >= 11 is 0. The molecule has 0 saturated carbocycles. The molecule has 0 aliphatic heterocycles. The van der Waals surface area contributed by atoms with Crippen molar-refractivity contribution in [1.29, 1.82) is 0 Å². The number of aryl methyl sites for hydroxylation is 1. The van der Waals surface area contributed by atoms with E-state index in [-0.39, 0.29) is 0 Å². The van der Waals surface area contributed by atoms with E-state index < -0.39 is 17.5 Å². The highest BCUT2D eigenvalue weighted by molar-refractivity contribution is 5.92. The number of amides is 2. The minimum atomic E-state index is -1.28. The molecule has 0 bridgehead atoms. The van der Waals surface area contributed by atoms with Crippen LogP contribution in [-0.4, -0.2) is 44.4 Å². The van der Waals surface area contributed by atoms with Crippen LogP contribution in [-0.2, 0) is 11.3 Å². The molecule has 2 amide bonds. The third-order valence-corrected chi connectivity index (χ3v) is 2.87. The molecule has 7 heteroatoms. The molecule has 1 aromatic rings. The monoisotopic (exact) mass is 254 g/mol. The largest absolute Gasteiger partial charge is 0.480 e. The Morgan fingerprint density at radius 3 is 2.61 bits per heavy atom. The summed E-state index contributed by atoms with van der Waals surface area (Å²) in [5.74, 6) is -0.672. The minimum Gasteiger partial charge on any atom is -0.480 e. The third kappa shape index (κ3) is 2.79. The Balaban J connectivity index is 2.74. The van der Waals surface area contributed by atoms with Crippen LogP contribution in [0.4, 0.5) is 10.6 Å². The molecule has 0 atom stereocenters. The van der Waals surface area contributed by atoms with E-state index >= 15 is 0 Å². The molecule has 0 radical (unpaired) electrons. The van der Waals surface area contributed by atoms with Crippen LogP contribution in [0.25, 0.3) is 0 Å². The molecule has 0 saturated heterocycles. The van der Waals surface area contributed by atoms with Crippen LogP contribution in [0.5, 0.6) is 0 Å². The van der Waals surface area contributed by atoms with Crippen molar-refractivity contribution in [2.45, 2.75) is 32.9 Å². The van der Waals surface area contributed by atoms with E-state index in [4.69, 9.17) is 5.11 Å². The van der Waals surface area contributed by atoms with Crippen molar-refractivity contribution in [3.8, 4) is 0 Å². The average Bonchev–Trinajstić information content (AvgIpc) is 2.75. The summed E-state index contributed by atoms with van der Waals surface area (Å²) < 4.78 is 1.66. The number of urea groups is 1. The van der Waals surface area contributed by atoms with Gasteiger partial charge < -0.3 is 10.0 Å². The number of carboxylic acid groups (broad SMARTS) is 1. The van der Waals surface area contributed by atoms with Crippen molar-refractivity contribution in [3.05, 3.63) is 12.3 Å². The van der Waals surface area contributed by atoms with Crippen molar-refractivity contribution >= 4 is 17.8 Å². The van der Waals surface area contributed by atoms with Gasteiger partial charge in [-0.25, -0.2) is 9.59 Å². The maximum Gasteiger partial charge on any atom is 0.329 e. The first-order valence-corrected chi connectivity index (χ1v) is 5.60. The van der Waals surface area contributed by atoms with E-state index in [0.717, 1.165) is 4.90 Å². The summed E-state index contributed by atoms with van der Waals surface area (Å²) in [4.78, 5) is 24.0. The van der Waals surface area contributed by atoms with E-state index in [1.807, 2.05) is 6.92 Å². The number of rotatable bonds is 4. The Morgan fingerprint density at radius 1 is 1.56 bits per heavy atom. The molecule has 0 fully saturated rings. The van der Waals surface area contributed by atoms with Crippen LogP contribution in [0, 0.1) is 0 Å². The number of likely N-dealkylation sites (N-methyl/N-ethyl adjacent to an activating group) is 1. The number of carbonyl (C=O) groups excluding carboxylic acids is 1. The molecule has 0 aliphatic rings. The second-order valence-electron chi connectivity index (χ2n) is 4.41. The van der Waals surface area contributed by atoms with Gasteiger partial charge in [0.2, 0.25) is 0 Å². The lowest BCUT2D eigenvalue weighted by molar-refractivity contribution is -0.146. The second-order valence-corrected chi connectivity index (χ2v) is 4.41. The van der Waals surface area contributed by atoms with Crippen LogP contribution in [0.3, 0.4) is 0 Å². The normalized spacial score (nSPS) is 11.1. The van der Waals surface area contributed by atoms with Crippen LogP contribution in [0.1, 0.15) is 20.8 Å². The zero-order chi connectivity index (χ0) is 13.9. The fraction of sp³-hybridized carbons (Fsp3) is 0.545. The molecule has 18 heavy (non-hydrogen) atoms. The summed E-state index contributed by atoms with van der Waals surface area (Å²) in [5.41, 5.74) is -1.28. The van der Waals surface area contributed by atoms with Gasteiger partial charge in [0.25, 0.3) is 0 Å². The molecular formula is C11H18N4O3. The van der Waals surface area contributed by atoms with Gasteiger partial charge in [-0.2, -0.15) is 5.10 Å². The molecule has 0 unspecified atom stereocenters. The molecule has 0 aromatic carbocycles. The van der Waals surface area contributed by atoms with Crippen LogP contribution < -0.4 is 5.32 Å². The molecular weight excluding hydrogens is 236 g/mol.